The predicted octanol–water partition coefficient (Wildman–Crippen LogP) is 17.4. The molecule has 6 heteroatoms. The number of carbonyl (C=O) groups is 3. The molecule has 0 aromatic carbocycles. The van der Waals surface area contributed by atoms with Crippen molar-refractivity contribution in [2.45, 2.75) is 239 Å². The molecule has 0 aromatic rings. The van der Waals surface area contributed by atoms with Crippen molar-refractivity contribution >= 4 is 17.9 Å². The predicted molar refractivity (Wildman–Crippen MR) is 274 cm³/mol. The third-order valence-electron chi connectivity index (χ3n) is 10.8. The van der Waals surface area contributed by atoms with Gasteiger partial charge in [-0.05, 0) is 103 Å². The minimum Gasteiger partial charge on any atom is -0.462 e. The van der Waals surface area contributed by atoms with Gasteiger partial charge in [0.25, 0.3) is 0 Å². The second-order valence-corrected chi connectivity index (χ2v) is 17.1. The molecule has 0 amide bonds. The summed E-state index contributed by atoms with van der Waals surface area (Å²) in [6, 6.07) is 0. The number of ether oxygens (including phenoxy) is 3. The fourth-order valence-electron chi connectivity index (χ4n) is 6.89. The molecule has 0 aliphatic heterocycles. The van der Waals surface area contributed by atoms with Crippen molar-refractivity contribution in [3.05, 3.63) is 97.2 Å². The maximum Gasteiger partial charge on any atom is 0.306 e. The molecule has 0 N–H and O–H groups in total. The van der Waals surface area contributed by atoms with Crippen LogP contribution in [0.25, 0.3) is 0 Å². The first-order chi connectivity index (χ1) is 31.5. The molecule has 64 heavy (non-hydrogen) atoms. The van der Waals surface area contributed by atoms with Crippen molar-refractivity contribution in [3.63, 3.8) is 0 Å². The molecule has 1 unspecified atom stereocenters. The number of allylic oxidation sites excluding steroid dienone is 16. The van der Waals surface area contributed by atoms with Crippen LogP contribution in [-0.4, -0.2) is 37.2 Å². The SMILES string of the molecule is CC/C=C\C/C=C\C/C=C\C/C=C\C/C=C\C/C=C\CCCCC(=O)OCC(COC(=O)CCCCCCCCC)OC(=O)CCCCCCCCC/C=C\C/C=C\CCCCCC. The smallest absolute Gasteiger partial charge is 0.306 e. The van der Waals surface area contributed by atoms with Crippen LogP contribution >= 0.6 is 0 Å². The average Bonchev–Trinajstić information content (AvgIpc) is 3.29. The van der Waals surface area contributed by atoms with Crippen molar-refractivity contribution in [2.75, 3.05) is 13.2 Å². The maximum atomic E-state index is 12.8. The van der Waals surface area contributed by atoms with Crippen molar-refractivity contribution in [1.29, 1.82) is 0 Å². The summed E-state index contributed by atoms with van der Waals surface area (Å²) < 4.78 is 16.7. The summed E-state index contributed by atoms with van der Waals surface area (Å²) in [5.74, 6) is -0.958. The van der Waals surface area contributed by atoms with Gasteiger partial charge < -0.3 is 14.2 Å². The number of hydrogen-bond acceptors (Lipinski definition) is 6. The summed E-state index contributed by atoms with van der Waals surface area (Å²) in [4.78, 5) is 37.8. The highest BCUT2D eigenvalue weighted by Crippen LogP contribution is 2.13. The first-order valence-electron chi connectivity index (χ1n) is 26.2. The van der Waals surface area contributed by atoms with Gasteiger partial charge in [0.15, 0.2) is 6.10 Å². The Morgan fingerprint density at radius 2 is 0.609 bits per heavy atom. The van der Waals surface area contributed by atoms with Crippen LogP contribution in [0.15, 0.2) is 97.2 Å². The highest BCUT2D eigenvalue weighted by molar-refractivity contribution is 5.71. The number of rotatable bonds is 46. The van der Waals surface area contributed by atoms with E-state index in [1.807, 2.05) is 0 Å². The molecular weight excluding hydrogens is 793 g/mol. The number of unbranched alkanes of at least 4 members (excludes halogenated alkanes) is 19. The van der Waals surface area contributed by atoms with Crippen LogP contribution < -0.4 is 0 Å². The molecule has 0 heterocycles. The Balaban J connectivity index is 4.36. The number of carbonyl (C=O) groups excluding carboxylic acids is 3. The van der Waals surface area contributed by atoms with E-state index in [0.717, 1.165) is 109 Å². The Hall–Kier alpha value is -3.67. The minimum absolute atomic E-state index is 0.0952. The van der Waals surface area contributed by atoms with Gasteiger partial charge in [0.2, 0.25) is 0 Å². The lowest BCUT2D eigenvalue weighted by atomic mass is 10.1. The zero-order valence-corrected chi connectivity index (χ0v) is 41.5. The molecule has 0 aliphatic carbocycles. The summed E-state index contributed by atoms with van der Waals surface area (Å²) in [5.41, 5.74) is 0. The second-order valence-electron chi connectivity index (χ2n) is 17.1. The van der Waals surface area contributed by atoms with Crippen molar-refractivity contribution in [3.8, 4) is 0 Å². The van der Waals surface area contributed by atoms with E-state index in [0.29, 0.717) is 19.3 Å². The van der Waals surface area contributed by atoms with Gasteiger partial charge >= 0.3 is 17.9 Å². The first-order valence-corrected chi connectivity index (χ1v) is 26.2. The van der Waals surface area contributed by atoms with Crippen molar-refractivity contribution in [2.24, 2.45) is 0 Å². The molecule has 0 aromatic heterocycles. The molecule has 364 valence electrons. The Morgan fingerprint density at radius 3 is 1.00 bits per heavy atom. The van der Waals surface area contributed by atoms with Gasteiger partial charge in [0, 0.05) is 19.3 Å². The molecular formula is C58H96O6. The molecule has 0 saturated heterocycles. The quantitative estimate of drug-likeness (QED) is 0.0262. The van der Waals surface area contributed by atoms with Gasteiger partial charge in [-0.1, -0.05) is 208 Å². The summed E-state index contributed by atoms with van der Waals surface area (Å²) >= 11 is 0. The monoisotopic (exact) mass is 889 g/mol. The maximum absolute atomic E-state index is 12.8. The molecule has 0 aliphatic rings. The van der Waals surface area contributed by atoms with E-state index in [4.69, 9.17) is 14.2 Å². The summed E-state index contributed by atoms with van der Waals surface area (Å²) in [6.45, 7) is 6.41. The minimum atomic E-state index is -0.797. The lowest BCUT2D eigenvalue weighted by Gasteiger charge is -2.18. The first kappa shape index (κ1) is 60.3. The molecule has 0 fully saturated rings. The van der Waals surface area contributed by atoms with Crippen LogP contribution in [0.3, 0.4) is 0 Å². The van der Waals surface area contributed by atoms with Crippen LogP contribution in [0.5, 0.6) is 0 Å². The fourth-order valence-corrected chi connectivity index (χ4v) is 6.89. The molecule has 0 radical (unpaired) electrons. The van der Waals surface area contributed by atoms with Gasteiger partial charge in [-0.2, -0.15) is 0 Å². The Bertz CT molecular complexity index is 1300. The lowest BCUT2D eigenvalue weighted by Crippen LogP contribution is -2.30. The Labute approximate surface area is 394 Å². The Morgan fingerprint density at radius 1 is 0.328 bits per heavy atom. The third kappa shape index (κ3) is 49.3. The van der Waals surface area contributed by atoms with Crippen LogP contribution in [0.2, 0.25) is 0 Å². The molecule has 6 nitrogen and oxygen atoms in total. The van der Waals surface area contributed by atoms with Crippen molar-refractivity contribution in [1.82, 2.24) is 0 Å². The molecule has 0 saturated carbocycles. The van der Waals surface area contributed by atoms with Crippen molar-refractivity contribution < 1.29 is 28.6 Å². The van der Waals surface area contributed by atoms with Gasteiger partial charge in [0.05, 0.1) is 0 Å². The second kappa shape index (κ2) is 52.0. The largest absolute Gasteiger partial charge is 0.462 e. The highest BCUT2D eigenvalue weighted by atomic mass is 16.6. The standard InChI is InChI=1S/C58H96O6/c1-4-7-10-13-16-18-20-22-24-26-28-29-30-32-33-35-37-39-42-45-48-51-57(60)63-54-55(53-62-56(59)50-47-44-41-15-12-9-6-3)64-58(61)52-49-46-43-40-38-36-34-31-27-25-23-21-19-17-14-11-8-5-2/h7,10,16,18-19,21-22,24-25,27-29,32-33,37,39,55H,4-6,8-9,11-15,17,20,23,26,30-31,34-36,38,40-54H2,1-3H3/b10-7-,18-16-,21-19-,24-22-,27-25-,29-28-,33-32-,39-37-. The fraction of sp³-hybridized carbons (Fsp3) is 0.672. The zero-order valence-electron chi connectivity index (χ0n) is 41.5. The third-order valence-corrected chi connectivity index (χ3v) is 10.8. The molecule has 1 atom stereocenters. The van der Waals surface area contributed by atoms with Crippen LogP contribution in [0.1, 0.15) is 233 Å². The highest BCUT2D eigenvalue weighted by Gasteiger charge is 2.19. The van der Waals surface area contributed by atoms with Gasteiger partial charge in [-0.25, -0.2) is 0 Å². The zero-order chi connectivity index (χ0) is 46.5. The van der Waals surface area contributed by atoms with E-state index in [1.54, 1.807) is 0 Å². The summed E-state index contributed by atoms with van der Waals surface area (Å²) in [5, 5.41) is 0. The van der Waals surface area contributed by atoms with Crippen LogP contribution in [-0.2, 0) is 28.6 Å². The summed E-state index contributed by atoms with van der Waals surface area (Å²) in [7, 11) is 0. The van der Waals surface area contributed by atoms with Gasteiger partial charge in [-0.3, -0.25) is 14.4 Å². The Kier molecular flexibility index (Phi) is 49.0. The number of hydrogen-bond donors (Lipinski definition) is 0. The van der Waals surface area contributed by atoms with Gasteiger partial charge in [0.1, 0.15) is 13.2 Å². The molecule has 0 bridgehead atoms. The average molecular weight is 889 g/mol. The van der Waals surface area contributed by atoms with E-state index in [2.05, 4.69) is 118 Å². The molecule has 0 rings (SSSR count). The molecule has 0 spiro atoms. The normalized spacial score (nSPS) is 12.9. The van der Waals surface area contributed by atoms with E-state index in [-0.39, 0.29) is 31.1 Å². The lowest BCUT2D eigenvalue weighted by molar-refractivity contribution is -0.167. The van der Waals surface area contributed by atoms with E-state index in [9.17, 15) is 14.4 Å². The van der Waals surface area contributed by atoms with E-state index >= 15 is 0 Å². The van der Waals surface area contributed by atoms with Gasteiger partial charge in [-0.15, -0.1) is 0 Å². The van der Waals surface area contributed by atoms with E-state index in [1.165, 1.54) is 83.5 Å². The van der Waals surface area contributed by atoms with Crippen LogP contribution in [0, 0.1) is 0 Å². The topological polar surface area (TPSA) is 78.9 Å². The van der Waals surface area contributed by atoms with Crippen LogP contribution in [0.4, 0.5) is 0 Å². The number of esters is 3. The van der Waals surface area contributed by atoms with E-state index < -0.39 is 6.10 Å². The summed E-state index contributed by atoms with van der Waals surface area (Å²) in [6.07, 6.45) is 68.4.